The summed E-state index contributed by atoms with van der Waals surface area (Å²) < 4.78 is 13.7. The lowest BCUT2D eigenvalue weighted by atomic mass is 10.2. The second kappa shape index (κ2) is 5.63. The van der Waals surface area contributed by atoms with Gasteiger partial charge < -0.3 is 10.6 Å². The Hall–Kier alpha value is -1.52. The van der Waals surface area contributed by atoms with Gasteiger partial charge in [0.05, 0.1) is 15.7 Å². The van der Waals surface area contributed by atoms with Crippen molar-refractivity contribution < 1.29 is 4.39 Å². The van der Waals surface area contributed by atoms with Gasteiger partial charge in [0.15, 0.2) is 5.82 Å². The Morgan fingerprint density at radius 3 is 2.47 bits per heavy atom. The highest BCUT2D eigenvalue weighted by molar-refractivity contribution is 6.37. The van der Waals surface area contributed by atoms with Crippen LogP contribution in [0.1, 0.15) is 5.56 Å². The minimum atomic E-state index is -0.371. The summed E-state index contributed by atoms with van der Waals surface area (Å²) in [5.74, 6) is 0.450. The fourth-order valence-electron chi connectivity index (χ4n) is 1.59. The van der Waals surface area contributed by atoms with Crippen LogP contribution in [0, 0.1) is 12.7 Å². The third-order valence-corrected chi connectivity index (χ3v) is 3.12. The molecule has 0 radical (unpaired) electrons. The molecule has 6 heteroatoms. The summed E-state index contributed by atoms with van der Waals surface area (Å²) in [7, 11) is 1.69. The van der Waals surface area contributed by atoms with Crippen molar-refractivity contribution in [2.24, 2.45) is 0 Å². The average Bonchev–Trinajstić information content (AvgIpc) is 2.37. The predicted octanol–water partition coefficient (Wildman–Crippen LogP) is 4.62. The first-order valence-electron chi connectivity index (χ1n) is 5.58. The van der Waals surface area contributed by atoms with Crippen molar-refractivity contribution in [2.75, 3.05) is 17.7 Å². The van der Waals surface area contributed by atoms with E-state index in [9.17, 15) is 4.39 Å². The van der Waals surface area contributed by atoms with Gasteiger partial charge in [-0.15, -0.1) is 0 Å². The zero-order chi connectivity index (χ0) is 14.0. The minimum absolute atomic E-state index is 0.318. The van der Waals surface area contributed by atoms with Crippen molar-refractivity contribution in [1.82, 2.24) is 4.98 Å². The molecule has 0 spiro atoms. The predicted molar refractivity (Wildman–Crippen MR) is 78.2 cm³/mol. The van der Waals surface area contributed by atoms with Crippen molar-refractivity contribution >= 4 is 40.5 Å². The summed E-state index contributed by atoms with van der Waals surface area (Å²) in [6, 6.07) is 6.32. The maximum atomic E-state index is 13.7. The van der Waals surface area contributed by atoms with Gasteiger partial charge >= 0.3 is 0 Å². The van der Waals surface area contributed by atoms with Gasteiger partial charge in [-0.1, -0.05) is 29.3 Å². The van der Waals surface area contributed by atoms with Crippen LogP contribution in [-0.2, 0) is 0 Å². The Labute approximate surface area is 120 Å². The first-order chi connectivity index (χ1) is 9.01. The normalized spacial score (nSPS) is 10.4. The first kappa shape index (κ1) is 13.9. The lowest BCUT2D eigenvalue weighted by Crippen LogP contribution is -2.01. The van der Waals surface area contributed by atoms with Crippen molar-refractivity contribution in [2.45, 2.75) is 6.92 Å². The molecule has 0 aliphatic rings. The number of pyridine rings is 1. The maximum absolute atomic E-state index is 13.7. The zero-order valence-corrected chi connectivity index (χ0v) is 11.9. The van der Waals surface area contributed by atoms with E-state index in [4.69, 9.17) is 23.2 Å². The first-order valence-corrected chi connectivity index (χ1v) is 6.34. The molecule has 2 rings (SSSR count). The van der Waals surface area contributed by atoms with E-state index in [1.54, 1.807) is 25.2 Å². The summed E-state index contributed by atoms with van der Waals surface area (Å²) in [4.78, 5) is 4.20. The molecule has 0 saturated carbocycles. The minimum Gasteiger partial charge on any atom is -0.372 e. The molecule has 0 amide bonds. The molecule has 0 aliphatic heterocycles. The van der Waals surface area contributed by atoms with Crippen LogP contribution < -0.4 is 10.6 Å². The number of halogens is 3. The fraction of sp³-hybridized carbons (Fsp3) is 0.154. The van der Waals surface area contributed by atoms with Crippen LogP contribution in [0.5, 0.6) is 0 Å². The van der Waals surface area contributed by atoms with E-state index in [-0.39, 0.29) is 5.82 Å². The molecule has 0 atom stereocenters. The van der Waals surface area contributed by atoms with E-state index in [1.807, 2.05) is 6.92 Å². The Kier molecular flexibility index (Phi) is 4.12. The number of benzene rings is 1. The molecule has 0 saturated heterocycles. The highest BCUT2D eigenvalue weighted by Crippen LogP contribution is 2.31. The third kappa shape index (κ3) is 3.08. The van der Waals surface area contributed by atoms with Crippen LogP contribution >= 0.6 is 23.2 Å². The van der Waals surface area contributed by atoms with E-state index in [2.05, 4.69) is 15.6 Å². The van der Waals surface area contributed by atoms with Gasteiger partial charge in [-0.3, -0.25) is 0 Å². The number of nitrogens with zero attached hydrogens (tertiary/aromatic N) is 1. The number of nitrogens with one attached hydrogen (secondary N) is 2. The van der Waals surface area contributed by atoms with E-state index in [1.165, 1.54) is 6.07 Å². The van der Waals surface area contributed by atoms with Crippen molar-refractivity contribution in [3.8, 4) is 0 Å². The maximum Gasteiger partial charge on any atom is 0.151 e. The quantitative estimate of drug-likeness (QED) is 0.868. The van der Waals surface area contributed by atoms with Crippen LogP contribution in [0.25, 0.3) is 0 Å². The lowest BCUT2D eigenvalue weighted by Gasteiger charge is -2.11. The molecule has 0 aliphatic carbocycles. The van der Waals surface area contributed by atoms with Gasteiger partial charge in [-0.2, -0.15) is 0 Å². The lowest BCUT2D eigenvalue weighted by molar-refractivity contribution is 0.631. The Balaban J connectivity index is 2.40. The highest BCUT2D eigenvalue weighted by Gasteiger charge is 2.10. The number of aromatic nitrogens is 1. The summed E-state index contributed by atoms with van der Waals surface area (Å²) in [5, 5.41) is 6.44. The molecule has 0 bridgehead atoms. The number of anilines is 3. The molecule has 0 fully saturated rings. The van der Waals surface area contributed by atoms with Crippen molar-refractivity contribution in [1.29, 1.82) is 0 Å². The number of hydrogen-bond acceptors (Lipinski definition) is 3. The van der Waals surface area contributed by atoms with Gasteiger partial charge in [0, 0.05) is 7.05 Å². The SMILES string of the molecule is CNc1nc(Nc2cc(C)ccc2F)c(Cl)cc1Cl. The van der Waals surface area contributed by atoms with Crippen molar-refractivity contribution in [3.05, 3.63) is 45.7 Å². The summed E-state index contributed by atoms with van der Waals surface area (Å²) in [6.45, 7) is 1.88. The number of aryl methyl sites for hydroxylation is 1. The second-order valence-electron chi connectivity index (χ2n) is 4.01. The second-order valence-corrected chi connectivity index (χ2v) is 4.82. The molecule has 1 heterocycles. The molecule has 100 valence electrons. The van der Waals surface area contributed by atoms with Crippen LogP contribution in [0.3, 0.4) is 0 Å². The summed E-state index contributed by atoms with van der Waals surface area (Å²) in [5.41, 5.74) is 1.25. The smallest absolute Gasteiger partial charge is 0.151 e. The molecule has 1 aromatic carbocycles. The van der Waals surface area contributed by atoms with E-state index < -0.39 is 0 Å². The monoisotopic (exact) mass is 299 g/mol. The molecular weight excluding hydrogens is 288 g/mol. The van der Waals surface area contributed by atoms with Gasteiger partial charge in [0.1, 0.15) is 11.6 Å². The standard InChI is InChI=1S/C13H12Cl2FN3/c1-7-3-4-10(16)11(5-7)18-13-9(15)6-8(14)12(17-2)19-13/h3-6H,1-2H3,(H2,17,18,19). The summed E-state index contributed by atoms with van der Waals surface area (Å²) >= 11 is 12.0. The average molecular weight is 300 g/mol. The molecular formula is C13H12Cl2FN3. The topological polar surface area (TPSA) is 37.0 Å². The Bertz CT molecular complexity index is 617. The largest absolute Gasteiger partial charge is 0.372 e. The van der Waals surface area contributed by atoms with Gasteiger partial charge in [-0.05, 0) is 30.7 Å². The van der Waals surface area contributed by atoms with E-state index in [0.717, 1.165) is 5.56 Å². The Morgan fingerprint density at radius 1 is 1.11 bits per heavy atom. The molecule has 19 heavy (non-hydrogen) atoms. The van der Waals surface area contributed by atoms with Gasteiger partial charge in [0.2, 0.25) is 0 Å². The highest BCUT2D eigenvalue weighted by atomic mass is 35.5. The molecule has 2 N–H and O–H groups in total. The van der Waals surface area contributed by atoms with Crippen LogP contribution in [0.15, 0.2) is 24.3 Å². The molecule has 2 aromatic rings. The molecule has 1 aromatic heterocycles. The fourth-order valence-corrected chi connectivity index (χ4v) is 2.09. The third-order valence-electron chi connectivity index (χ3n) is 2.54. The van der Waals surface area contributed by atoms with E-state index in [0.29, 0.717) is 27.4 Å². The molecule has 3 nitrogen and oxygen atoms in total. The van der Waals surface area contributed by atoms with Crippen LogP contribution in [0.2, 0.25) is 10.0 Å². The molecule has 0 unspecified atom stereocenters. The number of rotatable bonds is 3. The van der Waals surface area contributed by atoms with Crippen LogP contribution in [0.4, 0.5) is 21.7 Å². The Morgan fingerprint density at radius 2 is 1.79 bits per heavy atom. The number of hydrogen-bond donors (Lipinski definition) is 2. The van der Waals surface area contributed by atoms with Crippen molar-refractivity contribution in [3.63, 3.8) is 0 Å². The van der Waals surface area contributed by atoms with Crippen LogP contribution in [-0.4, -0.2) is 12.0 Å². The summed E-state index contributed by atoms with van der Waals surface area (Å²) in [6.07, 6.45) is 0. The van der Waals surface area contributed by atoms with E-state index >= 15 is 0 Å². The zero-order valence-electron chi connectivity index (χ0n) is 10.4. The van der Waals surface area contributed by atoms with Gasteiger partial charge in [-0.25, -0.2) is 9.37 Å². The van der Waals surface area contributed by atoms with Gasteiger partial charge in [0.25, 0.3) is 0 Å².